The fourth-order valence-electron chi connectivity index (χ4n) is 8.38. The van der Waals surface area contributed by atoms with Gasteiger partial charge in [-0.3, -0.25) is 9.59 Å². The van der Waals surface area contributed by atoms with Gasteiger partial charge in [-0.2, -0.15) is 5.26 Å². The fraction of sp³-hybridized carbons (Fsp3) is 0.423. The molecule has 6 N–H and O–H groups in total. The Hall–Kier alpha value is -6.12. The van der Waals surface area contributed by atoms with Crippen LogP contribution in [0.2, 0.25) is 0 Å². The number of amides is 9. The Balaban J connectivity index is 0. The maximum atomic E-state index is 14.3. The van der Waals surface area contributed by atoms with Gasteiger partial charge in [-0.25, -0.2) is 46.5 Å². The van der Waals surface area contributed by atoms with Gasteiger partial charge in [-0.1, -0.05) is 85.0 Å². The quantitative estimate of drug-likeness (QED) is 0.0707. The van der Waals surface area contributed by atoms with Gasteiger partial charge in [0, 0.05) is 74.7 Å². The van der Waals surface area contributed by atoms with Gasteiger partial charge in [0.1, 0.15) is 35.4 Å². The first kappa shape index (κ1) is 69.0. The number of nitrogens with two attached hydrogens (primary N) is 1. The summed E-state index contributed by atoms with van der Waals surface area (Å²) in [5.74, 6) is -4.13. The normalized spacial score (nSPS) is 16.8. The largest absolute Gasteiger partial charge is 0.366 e. The van der Waals surface area contributed by atoms with Crippen molar-refractivity contribution in [2.75, 3.05) is 33.7 Å². The third-order valence-corrected chi connectivity index (χ3v) is 11.9. The van der Waals surface area contributed by atoms with Gasteiger partial charge >= 0.3 is 24.1 Å². The van der Waals surface area contributed by atoms with Gasteiger partial charge in [0.2, 0.25) is 5.91 Å². The van der Waals surface area contributed by atoms with E-state index in [1.165, 1.54) is 46.0 Å². The van der Waals surface area contributed by atoms with Crippen LogP contribution in [0.4, 0.5) is 36.7 Å². The van der Waals surface area contributed by atoms with Crippen molar-refractivity contribution in [1.82, 2.24) is 36.0 Å². The Morgan fingerprint density at radius 3 is 1.56 bits per heavy atom. The van der Waals surface area contributed by atoms with E-state index in [4.69, 9.17) is 5.73 Å². The number of benzene rings is 3. The van der Waals surface area contributed by atoms with Crippen LogP contribution < -0.4 is 27.0 Å². The number of nitrogens with one attached hydrogen (secondary N) is 4. The van der Waals surface area contributed by atoms with Crippen molar-refractivity contribution < 1.29 is 66.8 Å². The number of allylic oxidation sites excluding steroid dienone is 2. The standard InChI is InChI=1S/C18H26N2.C16H17F2N3O3.C15H16F2N4O3.2CH4.CH3.ClH.Pd/c1-16(2)7-6-12-20-13-10-18(15-19,11-14-20)17-8-4-3-5-9-17;1-4-12-13(8(2)22)14(10-6-5-9(17)7-11(10)18)21(15(23)19-3)16(24)20-12;1-3-10-11(13(18)22)12(8-5-4-7(16)6-9(8)17)21(14(23)19-2)15(24)20-10;;;;;/h3-5,8-9,16H,6-7,10-14H2,1-2H3;5-7,14H,4H2,1-3H3,(H,19,23)(H,20,24);4-6,12H,3H2,1-2H3,(H2,18,22)(H,19,23)(H,20,24);2*1H4;1H3;1H;/q;;;;;-1;;. The van der Waals surface area contributed by atoms with Crippen molar-refractivity contribution >= 4 is 48.2 Å². The van der Waals surface area contributed by atoms with Crippen molar-refractivity contribution in [3.63, 3.8) is 0 Å². The van der Waals surface area contributed by atoms with Crippen LogP contribution in [-0.2, 0) is 35.4 Å². The zero-order chi connectivity index (χ0) is 50.5. The Labute approximate surface area is 447 Å². The number of halogens is 5. The molecule has 6 rings (SSSR count). The molecule has 1 saturated heterocycles. The van der Waals surface area contributed by atoms with E-state index in [0.29, 0.717) is 34.1 Å². The molecule has 0 bridgehead atoms. The monoisotopic (exact) mass is 1130 g/mol. The number of piperidine rings is 1. The minimum Gasteiger partial charge on any atom is -0.366 e. The van der Waals surface area contributed by atoms with Crippen LogP contribution in [0.25, 0.3) is 0 Å². The van der Waals surface area contributed by atoms with Crippen molar-refractivity contribution in [2.45, 2.75) is 105 Å². The maximum absolute atomic E-state index is 14.3. The van der Waals surface area contributed by atoms with E-state index in [1.807, 2.05) is 18.2 Å². The zero-order valence-corrected chi connectivity index (χ0v) is 43.4. The van der Waals surface area contributed by atoms with Gasteiger partial charge in [-0.15, -0.1) is 12.4 Å². The fourth-order valence-corrected chi connectivity index (χ4v) is 8.38. The summed E-state index contributed by atoms with van der Waals surface area (Å²) in [6.45, 7) is 12.5. The summed E-state index contributed by atoms with van der Waals surface area (Å²) in [4.78, 5) is 76.7. The van der Waals surface area contributed by atoms with E-state index in [2.05, 4.69) is 58.2 Å². The molecule has 3 aromatic carbocycles. The van der Waals surface area contributed by atoms with Crippen molar-refractivity contribution in [3.8, 4) is 6.07 Å². The Morgan fingerprint density at radius 1 is 0.781 bits per heavy atom. The summed E-state index contributed by atoms with van der Waals surface area (Å²) in [7, 11) is 2.58. The molecule has 406 valence electrons. The number of imide groups is 2. The third-order valence-electron chi connectivity index (χ3n) is 11.9. The predicted molar refractivity (Wildman–Crippen MR) is 273 cm³/mol. The van der Waals surface area contributed by atoms with Gasteiger partial charge in [-0.05, 0) is 88.7 Å². The van der Waals surface area contributed by atoms with Crippen molar-refractivity contribution in [3.05, 3.63) is 137 Å². The number of likely N-dealkylation sites (tertiary alicyclic amines) is 1. The predicted octanol–water partition coefficient (Wildman–Crippen LogP) is 10.3. The summed E-state index contributed by atoms with van der Waals surface area (Å²) in [6.07, 6.45) is 5.05. The molecule has 2 unspecified atom stereocenters. The minimum atomic E-state index is -1.40. The number of hydrogen-bond donors (Lipinski definition) is 5. The number of ketones is 1. The molecule has 3 aliphatic rings. The second kappa shape index (κ2) is 31.5. The van der Waals surface area contributed by atoms with Crippen LogP contribution >= 0.6 is 12.4 Å². The van der Waals surface area contributed by atoms with Crippen LogP contribution in [0, 0.1) is 47.9 Å². The number of carbonyl (C=O) groups excluding carboxylic acids is 6. The van der Waals surface area contributed by atoms with E-state index < -0.39 is 71.2 Å². The molecule has 3 aliphatic heterocycles. The zero-order valence-electron chi connectivity index (χ0n) is 41.0. The van der Waals surface area contributed by atoms with Gasteiger partial charge < -0.3 is 39.3 Å². The first-order chi connectivity index (χ1) is 32.3. The Kier molecular flexibility index (Phi) is 29.7. The van der Waals surface area contributed by atoms with Crippen LogP contribution in [-0.4, -0.2) is 84.2 Å². The number of nitrogens with zero attached hydrogens (tertiary/aromatic N) is 4. The maximum Gasteiger partial charge on any atom is 0.330 e. The average Bonchev–Trinajstić information content (AvgIpc) is 3.31. The molecule has 0 saturated carbocycles. The Bertz CT molecular complexity index is 2360. The van der Waals surface area contributed by atoms with Crippen LogP contribution in [0.3, 0.4) is 0 Å². The van der Waals surface area contributed by atoms with E-state index in [0.717, 1.165) is 56.1 Å². The molecule has 0 aromatic heterocycles. The summed E-state index contributed by atoms with van der Waals surface area (Å²) >= 11 is 0. The van der Waals surface area contributed by atoms with E-state index in [1.54, 1.807) is 13.8 Å². The second-order valence-corrected chi connectivity index (χ2v) is 16.7. The molecule has 1 fully saturated rings. The smallest absolute Gasteiger partial charge is 0.330 e. The SMILES string of the molecule is C.C.CC(C)CCCN1CCC(C#N)(c2ccccc2)CC1.CCC1=C(C(C)=O)C(c2ccc(F)cc2F)N(C(=O)NC)C(=O)N1.CCC1=C(C(N)=O)C(c2ccc(F)cc2F)N(C(=O)NC)C(=O)N1.Cl.[CH3-].[Pd]. The molecule has 2 atom stereocenters. The molecule has 21 heteroatoms. The van der Waals surface area contributed by atoms with Gasteiger partial charge in [0.25, 0.3) is 0 Å². The third kappa shape index (κ3) is 16.7. The van der Waals surface area contributed by atoms with Crippen LogP contribution in [0.5, 0.6) is 0 Å². The first-order valence-corrected chi connectivity index (χ1v) is 22.3. The number of Topliss-reactive ketones (excluding diaryl/α,β-unsaturated/α-hetero) is 1. The molecule has 0 radical (unpaired) electrons. The Morgan fingerprint density at radius 2 is 1.21 bits per heavy atom. The molecule has 0 aliphatic carbocycles. The summed E-state index contributed by atoms with van der Waals surface area (Å²) in [5.41, 5.74) is 6.43. The summed E-state index contributed by atoms with van der Waals surface area (Å²) in [5, 5.41) is 19.1. The molecule has 3 heterocycles. The number of rotatable bonds is 11. The topological polar surface area (TPSA) is 210 Å². The van der Waals surface area contributed by atoms with E-state index in [-0.39, 0.29) is 94.9 Å². The molecule has 15 nitrogen and oxygen atoms in total. The van der Waals surface area contributed by atoms with Crippen LogP contribution in [0.15, 0.2) is 89.3 Å². The number of nitriles is 1. The van der Waals surface area contributed by atoms with Gasteiger partial charge in [0.05, 0.1) is 17.1 Å². The van der Waals surface area contributed by atoms with Crippen molar-refractivity contribution in [2.24, 2.45) is 11.7 Å². The molecular formula is C52H71ClF4N9O6Pd-. The molecule has 0 spiro atoms. The molecule has 9 amide bonds. The molecular weight excluding hydrogens is 1060 g/mol. The van der Waals surface area contributed by atoms with E-state index in [9.17, 15) is 51.6 Å². The summed E-state index contributed by atoms with van der Waals surface area (Å²) in [6, 6.07) is 12.4. The van der Waals surface area contributed by atoms with Crippen molar-refractivity contribution in [1.29, 1.82) is 5.26 Å². The van der Waals surface area contributed by atoms with E-state index >= 15 is 0 Å². The number of urea groups is 4. The van der Waals surface area contributed by atoms with Gasteiger partial charge in [0.15, 0.2) is 5.78 Å². The average molecular weight is 1140 g/mol. The number of carbonyl (C=O) groups is 6. The minimum absolute atomic E-state index is 0. The number of hydrogen-bond acceptors (Lipinski definition) is 8. The van der Waals surface area contributed by atoms with Crippen LogP contribution in [0.1, 0.15) is 117 Å². The number of primary amides is 1. The molecule has 73 heavy (non-hydrogen) atoms. The summed E-state index contributed by atoms with van der Waals surface area (Å²) < 4.78 is 55.0. The molecule has 3 aromatic rings. The second-order valence-electron chi connectivity index (χ2n) is 16.7. The first-order valence-electron chi connectivity index (χ1n) is 22.3.